The number of phenolic OH excluding ortho intramolecular Hbond substituents is 1. The zero-order valence-electron chi connectivity index (χ0n) is 18.3. The number of likely N-dealkylation sites (N-methyl/N-ethyl adjacent to an activating group) is 1. The Hall–Kier alpha value is -2.85. The Balaban J connectivity index is 2.07. The smallest absolute Gasteiger partial charge is 0.208 e. The number of fused-ring (bicyclic) bond motifs is 3. The van der Waals surface area contributed by atoms with Crippen LogP contribution in [0.5, 0.6) is 5.75 Å². The van der Waals surface area contributed by atoms with Crippen molar-refractivity contribution in [2.24, 2.45) is 17.6 Å². The number of benzene rings is 1. The standard InChI is InChI=1S/C23H25ClN2O7/c1-8(25)13-19(29)17(26(3)4)10-7-9-14(21(31)23(10,33)20(13)30)18(28)15-12(27)6-5-11(24)16(15)22(9,2)32/h5-6,9-10,17,27,29,31-33H,1,7,25H2,2-4H3/t9?,10?,17?,22-,23-/m1/s1. The molecule has 0 heterocycles. The molecule has 0 aliphatic heterocycles. The first kappa shape index (κ1) is 23.3. The minimum atomic E-state index is -2.62. The third kappa shape index (κ3) is 2.77. The molecular formula is C23H25ClN2O7. The zero-order chi connectivity index (χ0) is 24.8. The molecule has 3 unspecified atom stereocenters. The fourth-order valence-electron chi connectivity index (χ4n) is 5.66. The molecule has 0 bridgehead atoms. The van der Waals surface area contributed by atoms with Gasteiger partial charge in [-0.25, -0.2) is 0 Å². The second kappa shape index (κ2) is 7.07. The van der Waals surface area contributed by atoms with Crippen LogP contribution < -0.4 is 5.73 Å². The monoisotopic (exact) mass is 476 g/mol. The van der Waals surface area contributed by atoms with Crippen LogP contribution in [0.2, 0.25) is 5.02 Å². The molecule has 1 aromatic carbocycles. The zero-order valence-corrected chi connectivity index (χ0v) is 19.0. The topological polar surface area (TPSA) is 165 Å². The maximum atomic E-state index is 13.5. The van der Waals surface area contributed by atoms with Crippen molar-refractivity contribution in [3.8, 4) is 5.75 Å². The Morgan fingerprint density at radius 3 is 2.36 bits per heavy atom. The lowest BCUT2D eigenvalue weighted by atomic mass is 9.55. The van der Waals surface area contributed by atoms with E-state index in [1.54, 1.807) is 14.1 Å². The molecule has 176 valence electrons. The molecule has 4 rings (SSSR count). The van der Waals surface area contributed by atoms with Crippen LogP contribution in [-0.2, 0) is 10.4 Å². The van der Waals surface area contributed by atoms with Crippen molar-refractivity contribution >= 4 is 23.2 Å². The first-order chi connectivity index (χ1) is 15.2. The van der Waals surface area contributed by atoms with Gasteiger partial charge in [-0.15, -0.1) is 0 Å². The molecule has 3 aliphatic rings. The van der Waals surface area contributed by atoms with Crippen molar-refractivity contribution in [2.75, 3.05) is 14.1 Å². The summed E-state index contributed by atoms with van der Waals surface area (Å²) in [7, 11) is 3.19. The predicted molar refractivity (Wildman–Crippen MR) is 119 cm³/mol. The fraction of sp³-hybridized carbons (Fsp3) is 0.391. The number of phenols is 1. The number of rotatable bonds is 2. The first-order valence-corrected chi connectivity index (χ1v) is 10.6. The van der Waals surface area contributed by atoms with Crippen LogP contribution in [-0.4, -0.2) is 67.7 Å². The Morgan fingerprint density at radius 1 is 1.21 bits per heavy atom. The van der Waals surface area contributed by atoms with Gasteiger partial charge in [-0.1, -0.05) is 18.2 Å². The lowest BCUT2D eigenvalue weighted by Gasteiger charge is -2.53. The predicted octanol–water partition coefficient (Wildman–Crippen LogP) is 1.43. The maximum Gasteiger partial charge on any atom is 0.208 e. The highest BCUT2D eigenvalue weighted by Gasteiger charge is 2.65. The number of aliphatic hydroxyl groups is 4. The number of hydrogen-bond acceptors (Lipinski definition) is 9. The number of hydrogen-bond donors (Lipinski definition) is 6. The summed E-state index contributed by atoms with van der Waals surface area (Å²) >= 11 is 6.29. The maximum absolute atomic E-state index is 13.5. The Labute approximate surface area is 194 Å². The number of Topliss-reactive ketones (excluding diaryl/α,β-unsaturated/α-hetero) is 2. The van der Waals surface area contributed by atoms with E-state index >= 15 is 0 Å². The summed E-state index contributed by atoms with van der Waals surface area (Å²) in [6, 6.07) is 1.52. The van der Waals surface area contributed by atoms with E-state index in [4.69, 9.17) is 17.3 Å². The summed E-state index contributed by atoms with van der Waals surface area (Å²) in [5.74, 6) is -6.09. The second-order valence-electron chi connectivity index (χ2n) is 9.24. The Morgan fingerprint density at radius 2 is 1.82 bits per heavy atom. The van der Waals surface area contributed by atoms with Gasteiger partial charge in [0.15, 0.2) is 11.4 Å². The minimum Gasteiger partial charge on any atom is -0.510 e. The van der Waals surface area contributed by atoms with Crippen molar-refractivity contribution < 1.29 is 35.1 Å². The van der Waals surface area contributed by atoms with Crippen LogP contribution in [0.25, 0.3) is 0 Å². The molecule has 0 fully saturated rings. The van der Waals surface area contributed by atoms with Gasteiger partial charge in [-0.2, -0.15) is 0 Å². The summed E-state index contributed by atoms with van der Waals surface area (Å²) in [6.07, 6.45) is -0.178. The second-order valence-corrected chi connectivity index (χ2v) is 9.65. The van der Waals surface area contributed by atoms with E-state index in [1.807, 2.05) is 0 Å². The average molecular weight is 477 g/mol. The largest absolute Gasteiger partial charge is 0.510 e. The third-order valence-corrected chi connectivity index (χ3v) is 7.46. The summed E-state index contributed by atoms with van der Waals surface area (Å²) in [6.45, 7) is 4.87. The van der Waals surface area contributed by atoms with E-state index in [-0.39, 0.29) is 28.3 Å². The summed E-state index contributed by atoms with van der Waals surface area (Å²) in [4.78, 5) is 28.3. The minimum absolute atomic E-state index is 0.0134. The number of nitrogens with two attached hydrogens (primary N) is 1. The van der Waals surface area contributed by atoms with Gasteiger partial charge in [0.25, 0.3) is 0 Å². The number of carbonyl (C=O) groups excluding carboxylic acids is 2. The fourth-order valence-corrected chi connectivity index (χ4v) is 6.01. The molecule has 0 radical (unpaired) electrons. The molecule has 0 aromatic heterocycles. The van der Waals surface area contributed by atoms with Crippen LogP contribution in [0.1, 0.15) is 29.3 Å². The molecule has 10 heteroatoms. The quantitative estimate of drug-likeness (QED) is 0.370. The number of carbonyl (C=O) groups is 2. The molecular weight excluding hydrogens is 452 g/mol. The number of aliphatic hydroxyl groups excluding tert-OH is 2. The molecule has 0 saturated heterocycles. The van der Waals surface area contributed by atoms with Crippen molar-refractivity contribution in [1.82, 2.24) is 4.90 Å². The van der Waals surface area contributed by atoms with Crippen molar-refractivity contribution in [3.05, 3.63) is 63.2 Å². The third-order valence-electron chi connectivity index (χ3n) is 7.15. The van der Waals surface area contributed by atoms with Gasteiger partial charge in [-0.05, 0) is 39.6 Å². The molecule has 7 N–H and O–H groups in total. The molecule has 0 spiro atoms. The number of nitrogens with zero attached hydrogens (tertiary/aromatic N) is 1. The van der Waals surface area contributed by atoms with Crippen LogP contribution >= 0.6 is 11.6 Å². The normalized spacial score (nSPS) is 33.7. The molecule has 5 atom stereocenters. The highest BCUT2D eigenvalue weighted by atomic mass is 35.5. The van der Waals surface area contributed by atoms with Crippen molar-refractivity contribution in [1.29, 1.82) is 0 Å². The van der Waals surface area contributed by atoms with E-state index < -0.39 is 69.1 Å². The van der Waals surface area contributed by atoms with Crippen molar-refractivity contribution in [3.63, 3.8) is 0 Å². The number of ketones is 2. The van der Waals surface area contributed by atoms with Gasteiger partial charge < -0.3 is 31.3 Å². The summed E-state index contributed by atoms with van der Waals surface area (Å²) < 4.78 is 0. The van der Waals surface area contributed by atoms with Gasteiger partial charge in [0.2, 0.25) is 5.78 Å². The molecule has 33 heavy (non-hydrogen) atoms. The van der Waals surface area contributed by atoms with E-state index in [9.17, 15) is 35.1 Å². The van der Waals surface area contributed by atoms with Crippen LogP contribution in [0.4, 0.5) is 0 Å². The van der Waals surface area contributed by atoms with E-state index in [2.05, 4.69) is 6.58 Å². The molecule has 0 amide bonds. The Kier molecular flexibility index (Phi) is 5.00. The number of aromatic hydroxyl groups is 1. The molecule has 3 aliphatic carbocycles. The van der Waals surface area contributed by atoms with Gasteiger partial charge in [0.1, 0.15) is 17.3 Å². The SMILES string of the molecule is C=C(N)C1=C(O)C(N(C)C)C2CC3C(=C(O)[C@]2(O)C1=O)C(=O)c1c(O)ccc(Cl)c1[C@]3(C)O. The number of allylic oxidation sites excluding steroid dienone is 1. The highest BCUT2D eigenvalue weighted by Crippen LogP contribution is 2.57. The van der Waals surface area contributed by atoms with E-state index in [0.29, 0.717) is 0 Å². The van der Waals surface area contributed by atoms with Gasteiger partial charge in [0.05, 0.1) is 22.8 Å². The average Bonchev–Trinajstić information content (AvgIpc) is 2.69. The first-order valence-electron chi connectivity index (χ1n) is 10.2. The highest BCUT2D eigenvalue weighted by molar-refractivity contribution is 6.33. The van der Waals surface area contributed by atoms with Gasteiger partial charge in [-0.3, -0.25) is 14.5 Å². The summed E-state index contributed by atoms with van der Waals surface area (Å²) in [5, 5.41) is 55.7. The van der Waals surface area contributed by atoms with Crippen molar-refractivity contribution in [2.45, 2.75) is 30.6 Å². The van der Waals surface area contributed by atoms with Crippen LogP contribution in [0.15, 0.2) is 47.1 Å². The van der Waals surface area contributed by atoms with E-state index in [0.717, 1.165) is 0 Å². The van der Waals surface area contributed by atoms with Gasteiger partial charge >= 0.3 is 0 Å². The molecule has 0 saturated carbocycles. The van der Waals surface area contributed by atoms with Crippen LogP contribution in [0, 0.1) is 11.8 Å². The number of halogens is 1. The Bertz CT molecular complexity index is 1200. The molecule has 9 nitrogen and oxygen atoms in total. The van der Waals surface area contributed by atoms with E-state index in [1.165, 1.54) is 24.0 Å². The summed E-state index contributed by atoms with van der Waals surface area (Å²) in [5.41, 5.74) is -0.253. The lowest BCUT2D eigenvalue weighted by Crippen LogP contribution is -2.64. The van der Waals surface area contributed by atoms with Crippen LogP contribution in [0.3, 0.4) is 0 Å². The molecule has 1 aromatic rings. The lowest BCUT2D eigenvalue weighted by molar-refractivity contribution is -0.150. The van der Waals surface area contributed by atoms with Gasteiger partial charge in [0, 0.05) is 33.7 Å².